The van der Waals surface area contributed by atoms with Crippen LogP contribution in [0.4, 0.5) is 0 Å². The summed E-state index contributed by atoms with van der Waals surface area (Å²) in [6, 6.07) is 17.7. The molecule has 0 atom stereocenters. The number of para-hydroxylation sites is 1. The lowest BCUT2D eigenvalue weighted by atomic mass is 10.2. The van der Waals surface area contributed by atoms with Crippen LogP contribution in [0, 0.1) is 0 Å². The highest BCUT2D eigenvalue weighted by molar-refractivity contribution is 7.89. The first-order valence-electron chi connectivity index (χ1n) is 8.99. The molecule has 1 heterocycles. The number of nitrogens with zero attached hydrogens (tertiary/aromatic N) is 2. The minimum atomic E-state index is -3.92. The fourth-order valence-corrected chi connectivity index (χ4v) is 3.46. The molecule has 156 valence electrons. The van der Waals surface area contributed by atoms with Gasteiger partial charge in [0.1, 0.15) is 18.1 Å². The van der Waals surface area contributed by atoms with Crippen molar-refractivity contribution < 1.29 is 17.9 Å². The monoisotopic (exact) mass is 428 g/mol. The largest absolute Gasteiger partial charge is 0.492 e. The Labute approximate surface area is 173 Å². The van der Waals surface area contributed by atoms with Gasteiger partial charge in [-0.15, -0.1) is 0 Å². The van der Waals surface area contributed by atoms with Crippen LogP contribution < -0.4 is 20.8 Å². The number of nitrogens with two attached hydrogens (primary N) is 1. The molecule has 0 saturated heterocycles. The van der Waals surface area contributed by atoms with E-state index < -0.39 is 15.9 Å². The first-order chi connectivity index (χ1) is 14.3. The predicted molar refractivity (Wildman–Crippen MR) is 109 cm³/mol. The van der Waals surface area contributed by atoms with Crippen LogP contribution in [-0.4, -0.2) is 30.7 Å². The molecule has 0 aliphatic heterocycles. The molecule has 0 aliphatic carbocycles. The lowest BCUT2D eigenvalue weighted by molar-refractivity contribution is 0.0942. The Morgan fingerprint density at radius 3 is 2.47 bits per heavy atom. The van der Waals surface area contributed by atoms with Gasteiger partial charge in [0.15, 0.2) is 0 Å². The molecule has 0 spiro atoms. The Kier molecular flexibility index (Phi) is 6.60. The van der Waals surface area contributed by atoms with Crippen LogP contribution in [0.15, 0.2) is 76.4 Å². The lowest BCUT2D eigenvalue weighted by Gasteiger charge is -2.10. The first kappa shape index (κ1) is 21.2. The van der Waals surface area contributed by atoms with Gasteiger partial charge in [0.2, 0.25) is 10.0 Å². The summed E-state index contributed by atoms with van der Waals surface area (Å²) in [7, 11) is -3.92. The van der Waals surface area contributed by atoms with Gasteiger partial charge in [-0.25, -0.2) is 18.2 Å². The number of carbonyl (C=O) groups excluding carboxylic acids is 1. The number of aromatic nitrogens is 2. The zero-order valence-corrected chi connectivity index (χ0v) is 16.7. The van der Waals surface area contributed by atoms with Gasteiger partial charge in [-0.3, -0.25) is 9.59 Å². The number of hydrogen-bond donors (Lipinski definition) is 2. The fraction of sp³-hybridized carbons (Fsp3) is 0.150. The molecule has 0 aliphatic rings. The summed E-state index contributed by atoms with van der Waals surface area (Å²) in [5.41, 5.74) is -0.0110. The molecule has 10 heteroatoms. The summed E-state index contributed by atoms with van der Waals surface area (Å²) in [5.74, 6) is 0.102. The van der Waals surface area contributed by atoms with E-state index in [0.29, 0.717) is 11.3 Å². The Morgan fingerprint density at radius 2 is 1.73 bits per heavy atom. The maximum Gasteiger partial charge on any atom is 0.271 e. The van der Waals surface area contributed by atoms with E-state index in [1.165, 1.54) is 18.2 Å². The Bertz CT molecular complexity index is 1190. The second-order valence-electron chi connectivity index (χ2n) is 6.28. The number of amides is 1. The van der Waals surface area contributed by atoms with Gasteiger partial charge in [0, 0.05) is 12.6 Å². The van der Waals surface area contributed by atoms with Crippen LogP contribution in [0.1, 0.15) is 16.1 Å². The van der Waals surface area contributed by atoms with Crippen LogP contribution in [0.3, 0.4) is 0 Å². The minimum absolute atomic E-state index is 0.0161. The summed E-state index contributed by atoms with van der Waals surface area (Å²) >= 11 is 0. The molecule has 1 aromatic heterocycles. The number of primary sulfonamides is 1. The molecule has 1 amide bonds. The van der Waals surface area contributed by atoms with Crippen LogP contribution >= 0.6 is 0 Å². The smallest absolute Gasteiger partial charge is 0.271 e. The molecule has 0 fully saturated rings. The minimum Gasteiger partial charge on any atom is -0.492 e. The predicted octanol–water partition coefficient (Wildman–Crippen LogP) is 0.900. The highest BCUT2D eigenvalue weighted by atomic mass is 32.2. The molecule has 30 heavy (non-hydrogen) atoms. The quantitative estimate of drug-likeness (QED) is 0.548. The van der Waals surface area contributed by atoms with Gasteiger partial charge in [0.05, 0.1) is 11.4 Å². The number of sulfonamides is 1. The summed E-state index contributed by atoms with van der Waals surface area (Å²) < 4.78 is 30.0. The third-order valence-electron chi connectivity index (χ3n) is 4.13. The Morgan fingerprint density at radius 1 is 1.03 bits per heavy atom. The fourth-order valence-electron chi connectivity index (χ4n) is 2.69. The number of nitrogens with one attached hydrogen (secondary N) is 1. The highest BCUT2D eigenvalue weighted by Gasteiger charge is 2.15. The number of hydrogen-bond acceptors (Lipinski definition) is 6. The molecule has 9 nitrogen and oxygen atoms in total. The third kappa shape index (κ3) is 5.52. The molecule has 3 rings (SSSR count). The van der Waals surface area contributed by atoms with Gasteiger partial charge in [-0.05, 0) is 29.8 Å². The van der Waals surface area contributed by atoms with E-state index in [0.717, 1.165) is 4.68 Å². The van der Waals surface area contributed by atoms with Crippen molar-refractivity contribution in [3.8, 4) is 5.75 Å². The molecule has 0 bridgehead atoms. The molecule has 2 aromatic carbocycles. The molecule has 3 N–H and O–H groups in total. The summed E-state index contributed by atoms with van der Waals surface area (Å²) in [6.07, 6.45) is 0. The number of ether oxygens (including phenoxy) is 1. The van der Waals surface area contributed by atoms with E-state index >= 15 is 0 Å². The molecule has 0 radical (unpaired) electrons. The summed E-state index contributed by atoms with van der Waals surface area (Å²) in [4.78, 5) is 24.4. The van der Waals surface area contributed by atoms with Crippen molar-refractivity contribution in [2.45, 2.75) is 18.0 Å². The van der Waals surface area contributed by atoms with Crippen LogP contribution in [0.2, 0.25) is 0 Å². The normalized spacial score (nSPS) is 11.1. The summed E-state index contributed by atoms with van der Waals surface area (Å²) in [5, 5.41) is 11.8. The van der Waals surface area contributed by atoms with Gasteiger partial charge < -0.3 is 10.1 Å². The number of carbonyl (C=O) groups is 1. The number of benzene rings is 2. The molecular weight excluding hydrogens is 408 g/mol. The number of rotatable bonds is 8. The highest BCUT2D eigenvalue weighted by Crippen LogP contribution is 2.13. The van der Waals surface area contributed by atoms with E-state index in [-0.39, 0.29) is 35.8 Å². The Balaban J connectivity index is 1.66. The standard InChI is InChI=1S/C20H20N4O5S/c21-30(27,28)18-9-5-4-6-15(18)14-22-20(26)17-10-11-19(25)24(23-17)12-13-29-16-7-2-1-3-8-16/h1-11H,12-14H2,(H,22,26)(H2,21,27,28). The van der Waals surface area contributed by atoms with E-state index in [4.69, 9.17) is 9.88 Å². The van der Waals surface area contributed by atoms with E-state index in [2.05, 4.69) is 10.4 Å². The van der Waals surface area contributed by atoms with Gasteiger partial charge >= 0.3 is 0 Å². The first-order valence-corrected chi connectivity index (χ1v) is 10.5. The molecule has 0 saturated carbocycles. The second-order valence-corrected chi connectivity index (χ2v) is 7.81. The van der Waals surface area contributed by atoms with Crippen molar-refractivity contribution in [3.05, 3.63) is 88.3 Å². The lowest BCUT2D eigenvalue weighted by Crippen LogP contribution is -2.31. The SMILES string of the molecule is NS(=O)(=O)c1ccccc1CNC(=O)c1ccc(=O)n(CCOc2ccccc2)n1. The van der Waals surface area contributed by atoms with Crippen molar-refractivity contribution in [2.24, 2.45) is 5.14 Å². The van der Waals surface area contributed by atoms with Gasteiger partial charge in [-0.1, -0.05) is 36.4 Å². The second kappa shape index (κ2) is 9.33. The average Bonchev–Trinajstić information content (AvgIpc) is 2.73. The van der Waals surface area contributed by atoms with Crippen molar-refractivity contribution in [1.82, 2.24) is 15.1 Å². The summed E-state index contributed by atoms with van der Waals surface area (Å²) in [6.45, 7) is 0.288. The average molecular weight is 428 g/mol. The van der Waals surface area contributed by atoms with E-state index in [9.17, 15) is 18.0 Å². The maximum absolute atomic E-state index is 12.4. The third-order valence-corrected chi connectivity index (χ3v) is 5.14. The molecule has 3 aromatic rings. The van der Waals surface area contributed by atoms with Crippen molar-refractivity contribution in [1.29, 1.82) is 0 Å². The topological polar surface area (TPSA) is 133 Å². The molecular formula is C20H20N4O5S. The maximum atomic E-state index is 12.4. The van der Waals surface area contributed by atoms with Crippen molar-refractivity contribution >= 4 is 15.9 Å². The Hall–Kier alpha value is -3.50. The van der Waals surface area contributed by atoms with Crippen LogP contribution in [0.25, 0.3) is 0 Å². The van der Waals surface area contributed by atoms with Gasteiger partial charge in [-0.2, -0.15) is 5.10 Å². The van der Waals surface area contributed by atoms with E-state index in [1.54, 1.807) is 30.3 Å². The van der Waals surface area contributed by atoms with Crippen LogP contribution in [0.5, 0.6) is 5.75 Å². The van der Waals surface area contributed by atoms with Gasteiger partial charge in [0.25, 0.3) is 11.5 Å². The van der Waals surface area contributed by atoms with Crippen molar-refractivity contribution in [2.75, 3.05) is 6.61 Å². The van der Waals surface area contributed by atoms with Crippen molar-refractivity contribution in [3.63, 3.8) is 0 Å². The zero-order valence-electron chi connectivity index (χ0n) is 15.9. The van der Waals surface area contributed by atoms with E-state index in [1.807, 2.05) is 18.2 Å². The van der Waals surface area contributed by atoms with Crippen LogP contribution in [-0.2, 0) is 23.1 Å². The molecule has 0 unspecified atom stereocenters. The zero-order chi connectivity index (χ0) is 21.6.